The van der Waals surface area contributed by atoms with E-state index in [0.29, 0.717) is 24.7 Å². The van der Waals surface area contributed by atoms with E-state index in [1.54, 1.807) is 14.0 Å². The van der Waals surface area contributed by atoms with E-state index in [-0.39, 0.29) is 17.4 Å². The summed E-state index contributed by atoms with van der Waals surface area (Å²) >= 11 is 0. The largest absolute Gasteiger partial charge is 0.464 e. The van der Waals surface area contributed by atoms with Crippen LogP contribution in [0, 0.1) is 12.8 Å². The number of ether oxygens (including phenoxy) is 1. The van der Waals surface area contributed by atoms with Gasteiger partial charge < -0.3 is 14.9 Å². The van der Waals surface area contributed by atoms with Gasteiger partial charge >= 0.3 is 0 Å². The van der Waals surface area contributed by atoms with Gasteiger partial charge in [-0.3, -0.25) is 0 Å². The first-order chi connectivity index (χ1) is 9.45. The maximum absolute atomic E-state index is 12.5. The van der Waals surface area contributed by atoms with Crippen molar-refractivity contribution >= 4 is 10.0 Å². The molecule has 0 radical (unpaired) electrons. The van der Waals surface area contributed by atoms with E-state index in [1.807, 2.05) is 0 Å². The molecule has 1 aromatic rings. The lowest BCUT2D eigenvalue weighted by atomic mass is 10.0. The highest BCUT2D eigenvalue weighted by Gasteiger charge is 2.28. The highest BCUT2D eigenvalue weighted by atomic mass is 32.2. The molecule has 0 bridgehead atoms. The molecular formula is C13H22N2O4S. The Hall–Kier alpha value is -0.890. The molecule has 0 aromatic carbocycles. The molecule has 7 heteroatoms. The third kappa shape index (κ3) is 3.22. The maximum atomic E-state index is 12.5. The van der Waals surface area contributed by atoms with Gasteiger partial charge in [0.15, 0.2) is 0 Å². The zero-order valence-electron chi connectivity index (χ0n) is 12.0. The van der Waals surface area contributed by atoms with Gasteiger partial charge in [0, 0.05) is 26.3 Å². The van der Waals surface area contributed by atoms with Crippen LogP contribution < -0.4 is 5.73 Å². The summed E-state index contributed by atoms with van der Waals surface area (Å²) in [7, 11) is -1.93. The van der Waals surface area contributed by atoms with Gasteiger partial charge in [-0.25, -0.2) is 12.7 Å². The summed E-state index contributed by atoms with van der Waals surface area (Å²) in [5, 5.41) is 0. The Balaban J connectivity index is 2.13. The molecule has 0 amide bonds. The summed E-state index contributed by atoms with van der Waals surface area (Å²) in [6.07, 6.45) is 1.99. The van der Waals surface area contributed by atoms with Gasteiger partial charge in [-0.05, 0) is 25.7 Å². The molecule has 0 aliphatic carbocycles. The summed E-state index contributed by atoms with van der Waals surface area (Å²) in [5.74, 6) is 1.12. The monoisotopic (exact) mass is 302 g/mol. The van der Waals surface area contributed by atoms with Gasteiger partial charge in [0.25, 0.3) is 0 Å². The molecule has 20 heavy (non-hydrogen) atoms. The summed E-state index contributed by atoms with van der Waals surface area (Å²) in [6.45, 7) is 3.69. The van der Waals surface area contributed by atoms with Crippen LogP contribution in [0.3, 0.4) is 0 Å². The molecular weight excluding hydrogens is 280 g/mol. The minimum absolute atomic E-state index is 0.191. The Bertz CT molecular complexity index is 547. The molecule has 2 heterocycles. The Morgan fingerprint density at radius 3 is 2.80 bits per heavy atom. The summed E-state index contributed by atoms with van der Waals surface area (Å²) in [5.41, 5.74) is 5.48. The van der Waals surface area contributed by atoms with Crippen LogP contribution in [0.15, 0.2) is 15.4 Å². The van der Waals surface area contributed by atoms with Gasteiger partial charge in [0.2, 0.25) is 10.0 Å². The second kappa shape index (κ2) is 6.26. The summed E-state index contributed by atoms with van der Waals surface area (Å²) < 4.78 is 37.2. The van der Waals surface area contributed by atoms with E-state index in [2.05, 4.69) is 0 Å². The van der Waals surface area contributed by atoms with Gasteiger partial charge in [-0.2, -0.15) is 0 Å². The fourth-order valence-corrected chi connectivity index (χ4v) is 3.89. The first-order valence-electron chi connectivity index (χ1n) is 6.78. The van der Waals surface area contributed by atoms with Crippen molar-refractivity contribution < 1.29 is 17.6 Å². The van der Waals surface area contributed by atoms with Gasteiger partial charge in [0.05, 0.1) is 13.2 Å². The van der Waals surface area contributed by atoms with E-state index in [1.165, 1.54) is 10.4 Å². The first kappa shape index (κ1) is 15.5. The molecule has 1 aromatic heterocycles. The molecule has 0 saturated carbocycles. The molecule has 1 fully saturated rings. The standard InChI is InChI=1S/C13H22N2O4S/c1-10-13(6-12(7-14)19-10)20(16,17)15(2)8-11-4-3-5-18-9-11/h6,11H,3-5,7-9,14H2,1-2H3. The lowest BCUT2D eigenvalue weighted by Gasteiger charge is -2.26. The van der Waals surface area contributed by atoms with Gasteiger partial charge in [0.1, 0.15) is 16.4 Å². The highest BCUT2D eigenvalue weighted by molar-refractivity contribution is 7.89. The molecule has 1 aliphatic rings. The highest BCUT2D eigenvalue weighted by Crippen LogP contribution is 2.24. The quantitative estimate of drug-likeness (QED) is 0.880. The fraction of sp³-hybridized carbons (Fsp3) is 0.692. The van der Waals surface area contributed by atoms with Crippen LogP contribution in [0.4, 0.5) is 0 Å². The second-order valence-corrected chi connectivity index (χ2v) is 7.22. The van der Waals surface area contributed by atoms with E-state index < -0.39 is 10.0 Å². The average Bonchev–Trinajstić information content (AvgIpc) is 2.82. The summed E-state index contributed by atoms with van der Waals surface area (Å²) in [4.78, 5) is 0.206. The first-order valence-corrected chi connectivity index (χ1v) is 8.22. The molecule has 1 atom stereocenters. The van der Waals surface area contributed by atoms with Gasteiger partial charge in [-0.1, -0.05) is 0 Å². The van der Waals surface area contributed by atoms with Crippen molar-refractivity contribution in [2.24, 2.45) is 11.7 Å². The van der Waals surface area contributed by atoms with E-state index in [9.17, 15) is 8.42 Å². The van der Waals surface area contributed by atoms with Crippen molar-refractivity contribution in [2.45, 2.75) is 31.2 Å². The predicted octanol–water partition coefficient (Wildman–Crippen LogP) is 1.09. The zero-order chi connectivity index (χ0) is 14.8. The smallest absolute Gasteiger partial charge is 0.246 e. The molecule has 114 valence electrons. The van der Waals surface area contributed by atoms with Gasteiger partial charge in [-0.15, -0.1) is 0 Å². The van der Waals surface area contributed by atoms with Crippen LogP contribution in [0.25, 0.3) is 0 Å². The lowest BCUT2D eigenvalue weighted by molar-refractivity contribution is 0.0495. The van der Waals surface area contributed by atoms with Crippen molar-refractivity contribution in [3.8, 4) is 0 Å². The van der Waals surface area contributed by atoms with Crippen molar-refractivity contribution in [1.29, 1.82) is 0 Å². The number of aryl methyl sites for hydroxylation is 1. The van der Waals surface area contributed by atoms with Crippen LogP contribution in [0.5, 0.6) is 0 Å². The van der Waals surface area contributed by atoms with Crippen molar-refractivity contribution in [1.82, 2.24) is 4.31 Å². The van der Waals surface area contributed by atoms with Crippen LogP contribution in [0.2, 0.25) is 0 Å². The minimum Gasteiger partial charge on any atom is -0.464 e. The zero-order valence-corrected chi connectivity index (χ0v) is 12.8. The van der Waals surface area contributed by atoms with Crippen LogP contribution in [-0.2, 0) is 21.3 Å². The number of furan rings is 1. The van der Waals surface area contributed by atoms with E-state index >= 15 is 0 Å². The van der Waals surface area contributed by atoms with Crippen LogP contribution >= 0.6 is 0 Å². The average molecular weight is 302 g/mol. The van der Waals surface area contributed by atoms with Crippen molar-refractivity contribution in [3.05, 3.63) is 17.6 Å². The number of hydrogen-bond donors (Lipinski definition) is 1. The maximum Gasteiger partial charge on any atom is 0.246 e. The fourth-order valence-electron chi connectivity index (χ4n) is 2.46. The SMILES string of the molecule is Cc1oc(CN)cc1S(=O)(=O)N(C)CC1CCCOC1. The minimum atomic E-state index is -3.53. The molecule has 1 unspecified atom stereocenters. The third-order valence-electron chi connectivity index (χ3n) is 3.58. The van der Waals surface area contributed by atoms with E-state index in [0.717, 1.165) is 19.4 Å². The molecule has 0 spiro atoms. The topological polar surface area (TPSA) is 85.8 Å². The third-order valence-corrected chi connectivity index (χ3v) is 5.51. The molecule has 6 nitrogen and oxygen atoms in total. The normalized spacial score (nSPS) is 20.5. The number of nitrogens with two attached hydrogens (primary N) is 1. The number of nitrogens with zero attached hydrogens (tertiary/aromatic N) is 1. The Morgan fingerprint density at radius 1 is 1.50 bits per heavy atom. The number of sulfonamides is 1. The van der Waals surface area contributed by atoms with Crippen LogP contribution in [0.1, 0.15) is 24.4 Å². The molecule has 1 aliphatic heterocycles. The Morgan fingerprint density at radius 2 is 2.25 bits per heavy atom. The van der Waals surface area contributed by atoms with Crippen LogP contribution in [-0.4, -0.2) is 39.5 Å². The second-order valence-electron chi connectivity index (χ2n) is 5.21. The van der Waals surface area contributed by atoms with E-state index in [4.69, 9.17) is 14.9 Å². The number of hydrogen-bond acceptors (Lipinski definition) is 5. The molecule has 2 rings (SSSR count). The Kier molecular flexibility index (Phi) is 4.85. The summed E-state index contributed by atoms with van der Waals surface area (Å²) in [6, 6.07) is 1.51. The van der Waals surface area contributed by atoms with Crippen molar-refractivity contribution in [3.63, 3.8) is 0 Å². The lowest BCUT2D eigenvalue weighted by Crippen LogP contribution is -2.35. The Labute approximate surface area is 119 Å². The number of rotatable bonds is 5. The van der Waals surface area contributed by atoms with Crippen molar-refractivity contribution in [2.75, 3.05) is 26.8 Å². The molecule has 1 saturated heterocycles. The predicted molar refractivity (Wildman–Crippen MR) is 74.7 cm³/mol. The molecule has 2 N–H and O–H groups in total.